The van der Waals surface area contributed by atoms with Crippen LogP contribution >= 0.6 is 11.3 Å². The van der Waals surface area contributed by atoms with Crippen LogP contribution < -0.4 is 4.90 Å². The number of carbonyl (C=O) groups excluding carboxylic acids is 2. The lowest BCUT2D eigenvalue weighted by Crippen LogP contribution is -2.30. The zero-order chi connectivity index (χ0) is 23.5. The zero-order valence-corrected chi connectivity index (χ0v) is 19.4. The molecule has 2 heterocycles. The van der Waals surface area contributed by atoms with E-state index >= 15 is 0 Å². The van der Waals surface area contributed by atoms with Gasteiger partial charge in [0.25, 0.3) is 5.91 Å². The van der Waals surface area contributed by atoms with Crippen LogP contribution in [-0.4, -0.2) is 16.7 Å². The molecule has 0 unspecified atom stereocenters. The molecule has 0 aliphatic carbocycles. The van der Waals surface area contributed by atoms with E-state index in [0.717, 1.165) is 16.6 Å². The highest BCUT2D eigenvalue weighted by molar-refractivity contribution is 7.22. The van der Waals surface area contributed by atoms with E-state index in [0.29, 0.717) is 27.6 Å². The lowest BCUT2D eigenvalue weighted by Gasteiger charge is -2.19. The molecular formula is C28H22N2O3S. The second kappa shape index (κ2) is 9.45. The maximum atomic E-state index is 13.6. The number of aromatic nitrogens is 1. The van der Waals surface area contributed by atoms with Gasteiger partial charge >= 0.3 is 0 Å². The molecule has 0 atom stereocenters. The molecule has 0 saturated carbocycles. The highest BCUT2D eigenvalue weighted by Crippen LogP contribution is 2.32. The van der Waals surface area contributed by atoms with Gasteiger partial charge in [0.2, 0.25) is 0 Å². The van der Waals surface area contributed by atoms with Crippen molar-refractivity contribution in [1.29, 1.82) is 0 Å². The molecule has 5 nitrogen and oxygen atoms in total. The quantitative estimate of drug-likeness (QED) is 0.256. The van der Waals surface area contributed by atoms with E-state index in [4.69, 9.17) is 9.40 Å². The number of thiazole rings is 1. The summed E-state index contributed by atoms with van der Waals surface area (Å²) in [6.07, 6.45) is 2.53. The predicted octanol–water partition coefficient (Wildman–Crippen LogP) is 6.53. The van der Waals surface area contributed by atoms with Crippen LogP contribution in [0.25, 0.3) is 10.2 Å². The Kier molecular flexibility index (Phi) is 6.06. The van der Waals surface area contributed by atoms with Crippen molar-refractivity contribution < 1.29 is 14.0 Å². The van der Waals surface area contributed by atoms with Crippen molar-refractivity contribution in [3.63, 3.8) is 0 Å². The molecule has 0 aliphatic rings. The Balaban J connectivity index is 1.46. The average molecular weight is 467 g/mol. The maximum Gasteiger partial charge on any atom is 0.260 e. The number of ketones is 1. The number of furan rings is 1. The Morgan fingerprint density at radius 2 is 1.62 bits per heavy atom. The molecule has 168 valence electrons. The summed E-state index contributed by atoms with van der Waals surface area (Å²) in [5.41, 5.74) is 3.71. The third kappa shape index (κ3) is 4.40. The minimum Gasteiger partial charge on any atom is -0.467 e. The molecule has 1 amide bonds. The molecule has 3 aromatic carbocycles. The highest BCUT2D eigenvalue weighted by Gasteiger charge is 2.23. The molecule has 2 aromatic heterocycles. The Morgan fingerprint density at radius 1 is 0.882 bits per heavy atom. The van der Waals surface area contributed by atoms with Crippen LogP contribution in [0.1, 0.15) is 44.5 Å². The van der Waals surface area contributed by atoms with Crippen molar-refractivity contribution in [1.82, 2.24) is 4.98 Å². The summed E-state index contributed by atoms with van der Waals surface area (Å²) in [6, 6.07) is 25.7. The Bertz CT molecular complexity index is 1440. The van der Waals surface area contributed by atoms with Crippen molar-refractivity contribution in [2.45, 2.75) is 19.9 Å². The van der Waals surface area contributed by atoms with Crippen molar-refractivity contribution in [3.8, 4) is 0 Å². The zero-order valence-electron chi connectivity index (χ0n) is 18.6. The van der Waals surface area contributed by atoms with E-state index in [1.165, 1.54) is 16.9 Å². The number of hydrogen-bond acceptors (Lipinski definition) is 5. The monoisotopic (exact) mass is 466 g/mol. The van der Waals surface area contributed by atoms with Gasteiger partial charge in [0.05, 0.1) is 23.0 Å². The first-order valence-corrected chi connectivity index (χ1v) is 11.9. The first-order chi connectivity index (χ1) is 16.6. The van der Waals surface area contributed by atoms with Crippen LogP contribution in [0.4, 0.5) is 5.13 Å². The van der Waals surface area contributed by atoms with E-state index in [-0.39, 0.29) is 18.2 Å². The number of rotatable bonds is 7. The van der Waals surface area contributed by atoms with Gasteiger partial charge in [-0.3, -0.25) is 14.5 Å². The molecule has 0 bridgehead atoms. The van der Waals surface area contributed by atoms with Crippen LogP contribution in [0.2, 0.25) is 0 Å². The summed E-state index contributed by atoms with van der Waals surface area (Å²) >= 11 is 1.48. The van der Waals surface area contributed by atoms with Gasteiger partial charge in [0.15, 0.2) is 10.9 Å². The third-order valence-electron chi connectivity index (χ3n) is 5.65. The number of amides is 1. The van der Waals surface area contributed by atoms with Gasteiger partial charge in [0.1, 0.15) is 5.76 Å². The minimum atomic E-state index is -0.204. The normalized spacial score (nSPS) is 11.0. The second-order valence-electron chi connectivity index (χ2n) is 7.90. The minimum absolute atomic E-state index is 0.0788. The van der Waals surface area contributed by atoms with Gasteiger partial charge in [-0.25, -0.2) is 4.98 Å². The number of aryl methyl sites for hydroxylation is 1. The van der Waals surface area contributed by atoms with Crippen LogP contribution in [0, 0.1) is 0 Å². The van der Waals surface area contributed by atoms with Crippen LogP contribution in [0.5, 0.6) is 0 Å². The van der Waals surface area contributed by atoms with Gasteiger partial charge in [-0.15, -0.1) is 0 Å². The molecule has 6 heteroatoms. The number of carbonyl (C=O) groups is 2. The summed E-state index contributed by atoms with van der Waals surface area (Å²) in [5.74, 6) is 0.382. The van der Waals surface area contributed by atoms with Crippen molar-refractivity contribution >= 4 is 38.4 Å². The average Bonchev–Trinajstić information content (AvgIpc) is 3.56. The van der Waals surface area contributed by atoms with Gasteiger partial charge in [-0.2, -0.15) is 0 Å². The molecule has 0 radical (unpaired) electrons. The Hall–Kier alpha value is -4.03. The molecule has 0 saturated heterocycles. The van der Waals surface area contributed by atoms with Gasteiger partial charge in [-0.05, 0) is 48.4 Å². The summed E-state index contributed by atoms with van der Waals surface area (Å²) in [4.78, 5) is 32.7. The lowest BCUT2D eigenvalue weighted by molar-refractivity contribution is 0.0981. The number of nitrogens with zero attached hydrogens (tertiary/aromatic N) is 2. The van der Waals surface area contributed by atoms with Crippen molar-refractivity contribution in [2.24, 2.45) is 0 Å². The Labute approximate surface area is 201 Å². The SMILES string of the molecule is CCc1ccc2nc(N(Cc3ccco3)C(=O)c3ccc(C(=O)c4ccccc4)cc3)sc2c1. The standard InChI is InChI=1S/C28H22N2O3S/c1-2-19-10-15-24-25(17-19)34-28(29-24)30(18-23-9-6-16-33-23)27(32)22-13-11-21(12-14-22)26(31)20-7-4-3-5-8-20/h3-17H,2,18H2,1H3. The topological polar surface area (TPSA) is 63.4 Å². The number of benzene rings is 3. The van der Waals surface area contributed by atoms with Crippen molar-refractivity contribution in [2.75, 3.05) is 4.90 Å². The fourth-order valence-electron chi connectivity index (χ4n) is 3.75. The highest BCUT2D eigenvalue weighted by atomic mass is 32.1. The van der Waals surface area contributed by atoms with E-state index < -0.39 is 0 Å². The van der Waals surface area contributed by atoms with Crippen LogP contribution in [0.15, 0.2) is 95.6 Å². The van der Waals surface area contributed by atoms with E-state index in [2.05, 4.69) is 19.1 Å². The lowest BCUT2D eigenvalue weighted by atomic mass is 10.0. The Morgan fingerprint density at radius 3 is 2.32 bits per heavy atom. The molecule has 5 rings (SSSR count). The number of fused-ring (bicyclic) bond motifs is 1. The first kappa shape index (κ1) is 21.8. The fourth-order valence-corrected chi connectivity index (χ4v) is 4.78. The van der Waals surface area contributed by atoms with E-state index in [1.807, 2.05) is 30.3 Å². The smallest absolute Gasteiger partial charge is 0.260 e. The summed E-state index contributed by atoms with van der Waals surface area (Å²) < 4.78 is 6.56. The summed E-state index contributed by atoms with van der Waals surface area (Å²) in [5, 5.41) is 0.606. The van der Waals surface area contributed by atoms with Crippen molar-refractivity contribution in [3.05, 3.63) is 119 Å². The maximum absolute atomic E-state index is 13.6. The summed E-state index contributed by atoms with van der Waals surface area (Å²) in [7, 11) is 0. The van der Waals surface area contributed by atoms with E-state index in [9.17, 15) is 9.59 Å². The molecule has 0 aliphatic heterocycles. The number of hydrogen-bond donors (Lipinski definition) is 0. The molecule has 34 heavy (non-hydrogen) atoms. The van der Waals surface area contributed by atoms with Crippen LogP contribution in [0.3, 0.4) is 0 Å². The first-order valence-electron chi connectivity index (χ1n) is 11.1. The molecule has 5 aromatic rings. The molecule has 0 N–H and O–H groups in total. The van der Waals surface area contributed by atoms with Crippen LogP contribution in [-0.2, 0) is 13.0 Å². The predicted molar refractivity (Wildman–Crippen MR) is 135 cm³/mol. The molecular weight excluding hydrogens is 444 g/mol. The fraction of sp³-hybridized carbons (Fsp3) is 0.107. The molecule has 0 spiro atoms. The summed E-state index contributed by atoms with van der Waals surface area (Å²) in [6.45, 7) is 2.37. The number of anilines is 1. The second-order valence-corrected chi connectivity index (χ2v) is 8.90. The third-order valence-corrected chi connectivity index (χ3v) is 6.69. The largest absolute Gasteiger partial charge is 0.467 e. The van der Waals surface area contributed by atoms with E-state index in [1.54, 1.807) is 53.6 Å². The molecule has 0 fully saturated rings. The van der Waals surface area contributed by atoms with Gasteiger partial charge in [0, 0.05) is 16.7 Å². The van der Waals surface area contributed by atoms with Gasteiger partial charge in [-0.1, -0.05) is 66.8 Å². The van der Waals surface area contributed by atoms with Gasteiger partial charge < -0.3 is 4.42 Å².